The molecule has 4 aromatic rings. The molecular weight excluding hydrogens is 402 g/mol. The number of halogens is 1. The zero-order valence-corrected chi connectivity index (χ0v) is 17.5. The molecule has 0 saturated carbocycles. The van der Waals surface area contributed by atoms with Gasteiger partial charge in [0.2, 0.25) is 0 Å². The summed E-state index contributed by atoms with van der Waals surface area (Å²) in [6.07, 6.45) is 0. The van der Waals surface area contributed by atoms with Crippen LogP contribution in [0.1, 0.15) is 5.56 Å². The highest BCUT2D eigenvalue weighted by Gasteiger charge is 2.16. The summed E-state index contributed by atoms with van der Waals surface area (Å²) < 4.78 is 7.91. The van der Waals surface area contributed by atoms with Gasteiger partial charge in [-0.1, -0.05) is 59.3 Å². The Hall–Kier alpha value is -2.76. The van der Waals surface area contributed by atoms with Gasteiger partial charge in [-0.25, -0.2) is 0 Å². The SMILES string of the molecule is Cc1ccc(OCCSc2nnc(-c3ccc(Cl)cc3)n2-c2ccccc2)cc1. The molecule has 4 nitrogen and oxygen atoms in total. The molecule has 0 atom stereocenters. The first-order valence-electron chi connectivity index (χ1n) is 9.30. The highest BCUT2D eigenvalue weighted by atomic mass is 35.5. The molecule has 0 N–H and O–H groups in total. The highest BCUT2D eigenvalue weighted by Crippen LogP contribution is 2.28. The Kier molecular flexibility index (Phi) is 6.17. The van der Waals surface area contributed by atoms with Crippen molar-refractivity contribution >= 4 is 23.4 Å². The van der Waals surface area contributed by atoms with Gasteiger partial charge in [0, 0.05) is 22.0 Å². The van der Waals surface area contributed by atoms with Crippen molar-refractivity contribution in [2.45, 2.75) is 12.1 Å². The Morgan fingerprint density at radius 3 is 2.34 bits per heavy atom. The monoisotopic (exact) mass is 421 g/mol. The fraction of sp³-hybridized carbons (Fsp3) is 0.130. The van der Waals surface area contributed by atoms with E-state index in [0.717, 1.165) is 33.7 Å². The second kappa shape index (κ2) is 9.16. The van der Waals surface area contributed by atoms with E-state index in [0.29, 0.717) is 11.6 Å². The van der Waals surface area contributed by atoms with Crippen molar-refractivity contribution in [2.75, 3.05) is 12.4 Å². The lowest BCUT2D eigenvalue weighted by molar-refractivity contribution is 0.344. The van der Waals surface area contributed by atoms with Crippen LogP contribution in [0.3, 0.4) is 0 Å². The predicted molar refractivity (Wildman–Crippen MR) is 119 cm³/mol. The topological polar surface area (TPSA) is 39.9 Å². The number of para-hydroxylation sites is 1. The van der Waals surface area contributed by atoms with Crippen molar-refractivity contribution in [3.63, 3.8) is 0 Å². The minimum absolute atomic E-state index is 0.589. The van der Waals surface area contributed by atoms with Crippen LogP contribution in [0.25, 0.3) is 17.1 Å². The lowest BCUT2D eigenvalue weighted by Gasteiger charge is -2.11. The lowest BCUT2D eigenvalue weighted by Crippen LogP contribution is -2.03. The van der Waals surface area contributed by atoms with E-state index in [1.807, 2.05) is 66.7 Å². The smallest absolute Gasteiger partial charge is 0.196 e. The van der Waals surface area contributed by atoms with Crippen molar-refractivity contribution in [3.05, 3.63) is 89.4 Å². The Morgan fingerprint density at radius 1 is 0.897 bits per heavy atom. The third kappa shape index (κ3) is 4.81. The summed E-state index contributed by atoms with van der Waals surface area (Å²) in [6, 6.07) is 25.8. The number of aryl methyl sites for hydroxylation is 1. The molecule has 0 aliphatic carbocycles. The molecule has 0 amide bonds. The van der Waals surface area contributed by atoms with Crippen LogP contribution >= 0.6 is 23.4 Å². The van der Waals surface area contributed by atoms with E-state index < -0.39 is 0 Å². The molecule has 0 saturated heterocycles. The predicted octanol–water partition coefficient (Wildman–Crippen LogP) is 6.07. The number of benzene rings is 3. The van der Waals surface area contributed by atoms with Crippen molar-refractivity contribution < 1.29 is 4.74 Å². The van der Waals surface area contributed by atoms with Gasteiger partial charge >= 0.3 is 0 Å². The molecule has 1 aromatic heterocycles. The average molecular weight is 422 g/mol. The lowest BCUT2D eigenvalue weighted by atomic mass is 10.2. The maximum atomic E-state index is 6.04. The van der Waals surface area contributed by atoms with Crippen LogP contribution in [0.15, 0.2) is 84.0 Å². The molecule has 0 aliphatic rings. The summed E-state index contributed by atoms with van der Waals surface area (Å²) in [5.74, 6) is 2.43. The van der Waals surface area contributed by atoms with E-state index in [9.17, 15) is 0 Å². The molecule has 0 radical (unpaired) electrons. The van der Waals surface area contributed by atoms with Crippen molar-refractivity contribution in [2.24, 2.45) is 0 Å². The van der Waals surface area contributed by atoms with Crippen molar-refractivity contribution in [1.29, 1.82) is 0 Å². The van der Waals surface area contributed by atoms with Crippen LogP contribution in [0.5, 0.6) is 5.75 Å². The first-order valence-corrected chi connectivity index (χ1v) is 10.7. The van der Waals surface area contributed by atoms with Crippen LogP contribution in [-0.4, -0.2) is 27.1 Å². The maximum absolute atomic E-state index is 6.04. The van der Waals surface area contributed by atoms with Crippen LogP contribution in [-0.2, 0) is 0 Å². The summed E-state index contributed by atoms with van der Waals surface area (Å²) in [6.45, 7) is 2.65. The number of hydrogen-bond donors (Lipinski definition) is 0. The van der Waals surface area contributed by atoms with Crippen molar-refractivity contribution in [3.8, 4) is 22.8 Å². The summed E-state index contributed by atoms with van der Waals surface area (Å²) in [7, 11) is 0. The number of thioether (sulfide) groups is 1. The zero-order chi connectivity index (χ0) is 20.1. The normalized spacial score (nSPS) is 10.8. The van der Waals surface area contributed by atoms with Crippen LogP contribution in [0.4, 0.5) is 0 Å². The minimum Gasteiger partial charge on any atom is -0.493 e. The highest BCUT2D eigenvalue weighted by molar-refractivity contribution is 7.99. The number of hydrogen-bond acceptors (Lipinski definition) is 4. The van der Waals surface area contributed by atoms with Gasteiger partial charge in [0.05, 0.1) is 6.61 Å². The molecule has 0 fully saturated rings. The summed E-state index contributed by atoms with van der Waals surface area (Å²) in [5.41, 5.74) is 3.20. The van der Waals surface area contributed by atoms with Gasteiger partial charge in [-0.15, -0.1) is 10.2 Å². The van der Waals surface area contributed by atoms with Gasteiger partial charge in [-0.05, 0) is 55.5 Å². The standard InChI is InChI=1S/C23H20ClN3OS/c1-17-7-13-21(14-8-17)28-15-16-29-23-26-25-22(18-9-11-19(24)12-10-18)27(23)20-5-3-2-4-6-20/h2-14H,15-16H2,1H3. The van der Waals surface area contributed by atoms with Crippen LogP contribution < -0.4 is 4.74 Å². The van der Waals surface area contributed by atoms with Crippen LogP contribution in [0.2, 0.25) is 5.02 Å². The second-order valence-corrected chi connectivity index (χ2v) is 7.99. The van der Waals surface area contributed by atoms with Gasteiger partial charge in [0.15, 0.2) is 11.0 Å². The third-order valence-corrected chi connectivity index (χ3v) is 5.50. The molecule has 6 heteroatoms. The molecule has 146 valence electrons. The Labute approximate surface area is 179 Å². The maximum Gasteiger partial charge on any atom is 0.196 e. The molecule has 0 unspecified atom stereocenters. The molecule has 29 heavy (non-hydrogen) atoms. The molecule has 0 spiro atoms. The molecule has 0 aliphatic heterocycles. The fourth-order valence-corrected chi connectivity index (χ4v) is 3.78. The molecular formula is C23H20ClN3OS. The number of aromatic nitrogens is 3. The summed E-state index contributed by atoms with van der Waals surface area (Å²) in [4.78, 5) is 0. The molecule has 1 heterocycles. The van der Waals surface area contributed by atoms with Crippen molar-refractivity contribution in [1.82, 2.24) is 14.8 Å². The Bertz CT molecular complexity index is 1060. The Balaban J connectivity index is 1.53. The zero-order valence-electron chi connectivity index (χ0n) is 16.0. The third-order valence-electron chi connectivity index (χ3n) is 4.35. The van der Waals surface area contributed by atoms with Gasteiger partial charge in [-0.2, -0.15) is 0 Å². The second-order valence-electron chi connectivity index (χ2n) is 6.49. The largest absolute Gasteiger partial charge is 0.493 e. The number of rotatable bonds is 7. The number of nitrogens with zero attached hydrogens (tertiary/aromatic N) is 3. The van der Waals surface area contributed by atoms with Gasteiger partial charge in [0.1, 0.15) is 5.75 Å². The van der Waals surface area contributed by atoms with Gasteiger partial charge < -0.3 is 4.74 Å². The summed E-state index contributed by atoms with van der Waals surface area (Å²) in [5, 5.41) is 10.4. The summed E-state index contributed by atoms with van der Waals surface area (Å²) >= 11 is 7.67. The van der Waals surface area contributed by atoms with E-state index in [2.05, 4.69) is 33.8 Å². The van der Waals surface area contributed by atoms with Gasteiger partial charge in [0.25, 0.3) is 0 Å². The van der Waals surface area contributed by atoms with E-state index in [-0.39, 0.29) is 0 Å². The van der Waals surface area contributed by atoms with E-state index in [4.69, 9.17) is 16.3 Å². The first kappa shape index (κ1) is 19.6. The average Bonchev–Trinajstić information content (AvgIpc) is 3.17. The molecule has 4 rings (SSSR count). The van der Waals surface area contributed by atoms with Gasteiger partial charge in [-0.3, -0.25) is 4.57 Å². The molecule has 0 bridgehead atoms. The van der Waals surface area contributed by atoms with E-state index >= 15 is 0 Å². The molecule has 3 aromatic carbocycles. The Morgan fingerprint density at radius 2 is 1.62 bits per heavy atom. The van der Waals surface area contributed by atoms with E-state index in [1.165, 1.54) is 5.56 Å². The fourth-order valence-electron chi connectivity index (χ4n) is 2.89. The minimum atomic E-state index is 0.589. The van der Waals surface area contributed by atoms with Crippen LogP contribution in [0, 0.1) is 6.92 Å². The first-order chi connectivity index (χ1) is 14.2. The quantitative estimate of drug-likeness (QED) is 0.268. The number of ether oxygens (including phenoxy) is 1. The van der Waals surface area contributed by atoms with E-state index in [1.54, 1.807) is 11.8 Å².